The van der Waals surface area contributed by atoms with Crippen LogP contribution in [0, 0.1) is 0 Å². The standard InChI is InChI=1S/C19H23NO2S2/c1-4-10-20(11-5-2)19(23)24-12-16-13(3)17(21)14-8-6-7-9-15(14)18(16)22/h6-9H,4-5,10-12H2,1-3H3. The van der Waals surface area contributed by atoms with Crippen LogP contribution in [0.5, 0.6) is 0 Å². The molecule has 0 atom stereocenters. The molecule has 1 aliphatic rings. The lowest BCUT2D eigenvalue weighted by atomic mass is 9.85. The maximum Gasteiger partial charge on any atom is 0.191 e. The van der Waals surface area contributed by atoms with E-state index in [-0.39, 0.29) is 11.6 Å². The molecule has 0 aromatic heterocycles. The number of fused-ring (bicyclic) bond motifs is 1. The van der Waals surface area contributed by atoms with E-state index in [0.29, 0.717) is 28.0 Å². The van der Waals surface area contributed by atoms with Crippen molar-refractivity contribution in [3.63, 3.8) is 0 Å². The summed E-state index contributed by atoms with van der Waals surface area (Å²) in [6.45, 7) is 7.84. The summed E-state index contributed by atoms with van der Waals surface area (Å²) in [5.74, 6) is 0.356. The van der Waals surface area contributed by atoms with E-state index in [1.165, 1.54) is 11.8 Å². The molecule has 0 radical (unpaired) electrons. The van der Waals surface area contributed by atoms with Gasteiger partial charge in [0, 0.05) is 41.1 Å². The Morgan fingerprint density at radius 1 is 1.04 bits per heavy atom. The van der Waals surface area contributed by atoms with Crippen molar-refractivity contribution in [2.45, 2.75) is 33.6 Å². The summed E-state index contributed by atoms with van der Waals surface area (Å²) < 4.78 is 0.804. The molecule has 0 unspecified atom stereocenters. The molecule has 5 heteroatoms. The first-order valence-corrected chi connectivity index (χ1v) is 9.70. The van der Waals surface area contributed by atoms with Crippen LogP contribution in [0.3, 0.4) is 0 Å². The van der Waals surface area contributed by atoms with E-state index in [2.05, 4.69) is 18.7 Å². The van der Waals surface area contributed by atoms with Crippen LogP contribution in [0.4, 0.5) is 0 Å². The minimum absolute atomic E-state index is 0.0458. The second-order valence-corrected chi connectivity index (χ2v) is 7.46. The van der Waals surface area contributed by atoms with Crippen LogP contribution in [0.25, 0.3) is 0 Å². The van der Waals surface area contributed by atoms with Crippen molar-refractivity contribution in [2.75, 3.05) is 18.8 Å². The lowest BCUT2D eigenvalue weighted by Crippen LogP contribution is -2.30. The predicted octanol–water partition coefficient (Wildman–Crippen LogP) is 4.52. The van der Waals surface area contributed by atoms with Gasteiger partial charge in [0.1, 0.15) is 4.32 Å². The Balaban J connectivity index is 2.15. The van der Waals surface area contributed by atoms with Crippen LogP contribution < -0.4 is 0 Å². The van der Waals surface area contributed by atoms with Gasteiger partial charge < -0.3 is 4.90 Å². The molecular formula is C19H23NO2S2. The van der Waals surface area contributed by atoms with Gasteiger partial charge in [0.2, 0.25) is 0 Å². The van der Waals surface area contributed by atoms with Gasteiger partial charge >= 0.3 is 0 Å². The first kappa shape index (κ1) is 18.9. The number of benzene rings is 1. The van der Waals surface area contributed by atoms with Crippen LogP contribution in [-0.4, -0.2) is 39.6 Å². The average molecular weight is 362 g/mol. The Kier molecular flexibility index (Phi) is 6.75. The lowest BCUT2D eigenvalue weighted by molar-refractivity contribution is 0.0975. The van der Waals surface area contributed by atoms with Crippen molar-refractivity contribution < 1.29 is 9.59 Å². The Morgan fingerprint density at radius 2 is 1.58 bits per heavy atom. The molecule has 0 amide bonds. The fourth-order valence-corrected chi connectivity index (χ4v) is 4.12. The minimum Gasteiger partial charge on any atom is -0.358 e. The van der Waals surface area contributed by atoms with Gasteiger partial charge in [0.25, 0.3) is 0 Å². The van der Waals surface area contributed by atoms with Gasteiger partial charge in [-0.05, 0) is 19.8 Å². The fraction of sp³-hybridized carbons (Fsp3) is 0.421. The first-order chi connectivity index (χ1) is 11.5. The largest absolute Gasteiger partial charge is 0.358 e. The summed E-state index contributed by atoms with van der Waals surface area (Å²) >= 11 is 7.01. The number of nitrogens with zero attached hydrogens (tertiary/aromatic N) is 1. The highest BCUT2D eigenvalue weighted by Crippen LogP contribution is 2.28. The van der Waals surface area contributed by atoms with Gasteiger partial charge in [-0.1, -0.05) is 62.1 Å². The van der Waals surface area contributed by atoms with Gasteiger partial charge in [0.15, 0.2) is 11.6 Å². The minimum atomic E-state index is -0.0503. The Labute approximate surface area is 153 Å². The smallest absolute Gasteiger partial charge is 0.191 e. The molecule has 1 aromatic carbocycles. The van der Waals surface area contributed by atoms with E-state index in [9.17, 15) is 9.59 Å². The Hall–Kier alpha value is -1.46. The number of allylic oxidation sites excluding steroid dienone is 1. The number of carbonyl (C=O) groups is 2. The van der Waals surface area contributed by atoms with Crippen LogP contribution >= 0.6 is 24.0 Å². The van der Waals surface area contributed by atoms with Crippen molar-refractivity contribution in [3.8, 4) is 0 Å². The van der Waals surface area contributed by atoms with Crippen molar-refractivity contribution >= 4 is 39.9 Å². The monoisotopic (exact) mass is 361 g/mol. The van der Waals surface area contributed by atoms with Gasteiger partial charge in [-0.15, -0.1) is 0 Å². The van der Waals surface area contributed by atoms with Gasteiger partial charge in [0.05, 0.1) is 0 Å². The molecule has 0 fully saturated rings. The second kappa shape index (κ2) is 8.58. The number of Topliss-reactive ketones (excluding diaryl/α,β-unsaturated/α-hetero) is 2. The summed E-state index contributed by atoms with van der Waals surface area (Å²) in [6.07, 6.45) is 2.07. The first-order valence-electron chi connectivity index (χ1n) is 8.31. The topological polar surface area (TPSA) is 37.4 Å². The summed E-state index contributed by atoms with van der Waals surface area (Å²) in [6, 6.07) is 7.03. The van der Waals surface area contributed by atoms with Crippen LogP contribution in [0.2, 0.25) is 0 Å². The maximum absolute atomic E-state index is 12.7. The van der Waals surface area contributed by atoms with Crippen LogP contribution in [0.15, 0.2) is 35.4 Å². The molecule has 1 aliphatic carbocycles. The third-order valence-corrected chi connectivity index (χ3v) is 5.62. The quantitative estimate of drug-likeness (QED) is 0.696. The number of carbonyl (C=O) groups excluding carboxylic acids is 2. The molecule has 0 saturated carbocycles. The zero-order valence-corrected chi connectivity index (χ0v) is 16.1. The van der Waals surface area contributed by atoms with Crippen LogP contribution in [-0.2, 0) is 0 Å². The molecular weight excluding hydrogens is 338 g/mol. The molecule has 1 aromatic rings. The number of ketones is 2. The van der Waals surface area contributed by atoms with E-state index < -0.39 is 0 Å². The van der Waals surface area contributed by atoms with Gasteiger partial charge in [-0.2, -0.15) is 0 Å². The highest BCUT2D eigenvalue weighted by Gasteiger charge is 2.29. The summed E-state index contributed by atoms with van der Waals surface area (Å²) in [5.41, 5.74) is 2.15. The van der Waals surface area contributed by atoms with Gasteiger partial charge in [-0.3, -0.25) is 9.59 Å². The molecule has 0 N–H and O–H groups in total. The normalized spacial score (nSPS) is 14.0. The number of hydrogen-bond donors (Lipinski definition) is 0. The highest BCUT2D eigenvalue weighted by atomic mass is 32.2. The van der Waals surface area contributed by atoms with E-state index in [0.717, 1.165) is 30.3 Å². The zero-order valence-electron chi connectivity index (χ0n) is 14.4. The molecule has 0 aliphatic heterocycles. The number of thioether (sulfide) groups is 1. The maximum atomic E-state index is 12.7. The second-order valence-electron chi connectivity index (χ2n) is 5.85. The molecule has 24 heavy (non-hydrogen) atoms. The molecule has 0 spiro atoms. The third kappa shape index (κ3) is 3.95. The predicted molar refractivity (Wildman–Crippen MR) is 105 cm³/mol. The van der Waals surface area contributed by atoms with Gasteiger partial charge in [-0.25, -0.2) is 0 Å². The number of hydrogen-bond acceptors (Lipinski definition) is 4. The summed E-state index contributed by atoms with van der Waals surface area (Å²) in [5, 5.41) is 0. The average Bonchev–Trinajstić information content (AvgIpc) is 2.59. The highest BCUT2D eigenvalue weighted by molar-refractivity contribution is 8.23. The Bertz CT molecular complexity index is 688. The number of thiocarbonyl (C=S) groups is 1. The zero-order chi connectivity index (χ0) is 17.7. The fourth-order valence-electron chi connectivity index (χ4n) is 2.78. The van der Waals surface area contributed by atoms with E-state index in [1.54, 1.807) is 31.2 Å². The summed E-state index contributed by atoms with van der Waals surface area (Å²) in [7, 11) is 0. The molecule has 0 saturated heterocycles. The molecule has 0 heterocycles. The third-order valence-electron chi connectivity index (χ3n) is 4.07. The van der Waals surface area contributed by atoms with Crippen molar-refractivity contribution in [3.05, 3.63) is 46.5 Å². The molecule has 0 bridgehead atoms. The van der Waals surface area contributed by atoms with E-state index in [1.807, 2.05) is 0 Å². The van der Waals surface area contributed by atoms with Crippen molar-refractivity contribution in [1.82, 2.24) is 4.90 Å². The lowest BCUT2D eigenvalue weighted by Gasteiger charge is -2.24. The molecule has 2 rings (SSSR count). The van der Waals surface area contributed by atoms with E-state index in [4.69, 9.17) is 12.2 Å². The number of rotatable bonds is 6. The molecule has 3 nitrogen and oxygen atoms in total. The van der Waals surface area contributed by atoms with Crippen LogP contribution in [0.1, 0.15) is 54.3 Å². The van der Waals surface area contributed by atoms with E-state index >= 15 is 0 Å². The Morgan fingerprint density at radius 3 is 2.12 bits per heavy atom. The van der Waals surface area contributed by atoms with Crippen molar-refractivity contribution in [1.29, 1.82) is 0 Å². The van der Waals surface area contributed by atoms with Crippen molar-refractivity contribution in [2.24, 2.45) is 0 Å². The SMILES string of the molecule is CCCN(CCC)C(=S)SCC1=C(C)C(=O)c2ccccc2C1=O. The molecule has 128 valence electrons. The summed E-state index contributed by atoms with van der Waals surface area (Å²) in [4.78, 5) is 27.4.